The van der Waals surface area contributed by atoms with E-state index in [4.69, 9.17) is 0 Å². The summed E-state index contributed by atoms with van der Waals surface area (Å²) < 4.78 is 26.9. The lowest BCUT2D eigenvalue weighted by Crippen LogP contribution is -2.26. The number of nitrogens with zero attached hydrogens (tertiary/aromatic N) is 1. The van der Waals surface area contributed by atoms with Gasteiger partial charge in [0.05, 0.1) is 16.3 Å². The second-order valence-corrected chi connectivity index (χ2v) is 9.00. The number of anilines is 2. The van der Waals surface area contributed by atoms with Gasteiger partial charge < -0.3 is 10.3 Å². The average molecular weight is 420 g/mol. The first-order chi connectivity index (χ1) is 14.4. The summed E-state index contributed by atoms with van der Waals surface area (Å²) in [6.07, 6.45) is 1.82. The molecule has 152 valence electrons. The first kappa shape index (κ1) is 19.7. The smallest absolute Gasteiger partial charge is 0.264 e. The van der Waals surface area contributed by atoms with Crippen molar-refractivity contribution in [2.24, 2.45) is 0 Å². The zero-order chi connectivity index (χ0) is 21.3. The molecule has 1 amide bonds. The molecule has 4 rings (SSSR count). The van der Waals surface area contributed by atoms with Gasteiger partial charge in [-0.3, -0.25) is 9.10 Å². The van der Waals surface area contributed by atoms with Crippen molar-refractivity contribution in [3.05, 3.63) is 90.1 Å². The van der Waals surface area contributed by atoms with Crippen molar-refractivity contribution < 1.29 is 13.2 Å². The third kappa shape index (κ3) is 3.67. The summed E-state index contributed by atoms with van der Waals surface area (Å²) in [6.45, 7) is 1.90. The molecule has 4 aromatic rings. The van der Waals surface area contributed by atoms with E-state index in [0.717, 1.165) is 16.5 Å². The van der Waals surface area contributed by atoms with Crippen LogP contribution in [0.5, 0.6) is 0 Å². The minimum atomic E-state index is -3.68. The molecule has 2 N–H and O–H groups in total. The Balaban J connectivity index is 1.54. The number of aromatic amines is 1. The molecule has 1 heterocycles. The van der Waals surface area contributed by atoms with E-state index < -0.39 is 10.0 Å². The van der Waals surface area contributed by atoms with Crippen LogP contribution < -0.4 is 9.62 Å². The third-order valence-corrected chi connectivity index (χ3v) is 6.82. The van der Waals surface area contributed by atoms with Crippen LogP contribution in [-0.4, -0.2) is 26.4 Å². The maximum absolute atomic E-state index is 12.8. The van der Waals surface area contributed by atoms with Crippen LogP contribution in [0, 0.1) is 6.92 Å². The van der Waals surface area contributed by atoms with Gasteiger partial charge in [-0.15, -0.1) is 0 Å². The second kappa shape index (κ2) is 7.68. The van der Waals surface area contributed by atoms with Crippen molar-refractivity contribution >= 4 is 38.2 Å². The number of hydrogen-bond donors (Lipinski definition) is 2. The highest BCUT2D eigenvalue weighted by molar-refractivity contribution is 7.92. The van der Waals surface area contributed by atoms with E-state index in [0.29, 0.717) is 16.9 Å². The van der Waals surface area contributed by atoms with Crippen LogP contribution in [0.3, 0.4) is 0 Å². The van der Waals surface area contributed by atoms with Crippen molar-refractivity contribution in [1.29, 1.82) is 0 Å². The molecule has 0 saturated heterocycles. The molecule has 0 unspecified atom stereocenters. The molecule has 6 nitrogen and oxygen atoms in total. The SMILES string of the molecule is Cc1ccc(S(=O)(=O)N(C)c2ccc(C(=O)Nc3cccc4[nH]ccc34)cc2)cc1. The number of sulfonamides is 1. The molecule has 30 heavy (non-hydrogen) atoms. The number of benzene rings is 3. The first-order valence-corrected chi connectivity index (χ1v) is 10.8. The van der Waals surface area contributed by atoms with Gasteiger partial charge >= 0.3 is 0 Å². The van der Waals surface area contributed by atoms with Gasteiger partial charge in [-0.05, 0) is 61.5 Å². The Hall–Kier alpha value is -3.58. The van der Waals surface area contributed by atoms with Gasteiger partial charge in [-0.25, -0.2) is 8.42 Å². The van der Waals surface area contributed by atoms with Crippen molar-refractivity contribution in [1.82, 2.24) is 4.98 Å². The van der Waals surface area contributed by atoms with Crippen LogP contribution in [0.4, 0.5) is 11.4 Å². The number of aryl methyl sites for hydroxylation is 1. The molecule has 0 saturated carbocycles. The normalized spacial score (nSPS) is 11.4. The summed E-state index contributed by atoms with van der Waals surface area (Å²) >= 11 is 0. The van der Waals surface area contributed by atoms with Crippen LogP contribution in [0.15, 0.2) is 83.9 Å². The Kier molecular flexibility index (Phi) is 5.05. The molecule has 0 bridgehead atoms. The number of carbonyl (C=O) groups excluding carboxylic acids is 1. The predicted molar refractivity (Wildman–Crippen MR) is 119 cm³/mol. The molecule has 0 aliphatic carbocycles. The fourth-order valence-corrected chi connectivity index (χ4v) is 4.41. The summed E-state index contributed by atoms with van der Waals surface area (Å²) in [5.41, 5.74) is 3.54. The van der Waals surface area contributed by atoms with E-state index >= 15 is 0 Å². The van der Waals surface area contributed by atoms with E-state index in [1.807, 2.05) is 37.4 Å². The summed E-state index contributed by atoms with van der Waals surface area (Å²) in [5, 5.41) is 3.83. The largest absolute Gasteiger partial charge is 0.361 e. The van der Waals surface area contributed by atoms with Crippen LogP contribution in [-0.2, 0) is 10.0 Å². The maximum Gasteiger partial charge on any atom is 0.264 e. The number of H-pyrrole nitrogens is 1. The molecule has 1 aromatic heterocycles. The molecule has 0 spiro atoms. The van der Waals surface area contributed by atoms with Gasteiger partial charge in [0.25, 0.3) is 15.9 Å². The quantitative estimate of drug-likeness (QED) is 0.498. The topological polar surface area (TPSA) is 82.3 Å². The number of aromatic nitrogens is 1. The van der Waals surface area contributed by atoms with E-state index in [-0.39, 0.29) is 10.8 Å². The van der Waals surface area contributed by atoms with Gasteiger partial charge in [-0.1, -0.05) is 23.8 Å². The minimum Gasteiger partial charge on any atom is -0.361 e. The molecule has 0 radical (unpaired) electrons. The Labute approximate surface area is 175 Å². The van der Waals surface area contributed by atoms with Gasteiger partial charge in [-0.2, -0.15) is 0 Å². The first-order valence-electron chi connectivity index (χ1n) is 9.39. The lowest BCUT2D eigenvalue weighted by molar-refractivity contribution is 0.102. The number of rotatable bonds is 5. The molecular formula is C23H21N3O3S. The minimum absolute atomic E-state index is 0.219. The Morgan fingerprint density at radius 3 is 2.33 bits per heavy atom. The highest BCUT2D eigenvalue weighted by Gasteiger charge is 2.21. The molecule has 0 aliphatic rings. The number of carbonyl (C=O) groups is 1. The Morgan fingerprint density at radius 1 is 0.933 bits per heavy atom. The van der Waals surface area contributed by atoms with Crippen molar-refractivity contribution in [2.75, 3.05) is 16.7 Å². The van der Waals surface area contributed by atoms with Crippen molar-refractivity contribution in [2.45, 2.75) is 11.8 Å². The van der Waals surface area contributed by atoms with Gasteiger partial charge in [0.1, 0.15) is 0 Å². The predicted octanol–water partition coefficient (Wildman–Crippen LogP) is 4.55. The fourth-order valence-electron chi connectivity index (χ4n) is 3.22. The van der Waals surface area contributed by atoms with Crippen molar-refractivity contribution in [3.8, 4) is 0 Å². The zero-order valence-corrected chi connectivity index (χ0v) is 17.4. The van der Waals surface area contributed by atoms with Crippen LogP contribution in [0.2, 0.25) is 0 Å². The summed E-state index contributed by atoms with van der Waals surface area (Å²) in [4.78, 5) is 16.0. The van der Waals surface area contributed by atoms with Crippen LogP contribution >= 0.6 is 0 Å². The van der Waals surface area contributed by atoms with Gasteiger partial charge in [0.15, 0.2) is 0 Å². The van der Waals surface area contributed by atoms with E-state index in [9.17, 15) is 13.2 Å². The number of amides is 1. The maximum atomic E-state index is 12.8. The highest BCUT2D eigenvalue weighted by atomic mass is 32.2. The van der Waals surface area contributed by atoms with Crippen molar-refractivity contribution in [3.63, 3.8) is 0 Å². The van der Waals surface area contributed by atoms with E-state index in [1.165, 1.54) is 11.4 Å². The Morgan fingerprint density at radius 2 is 1.63 bits per heavy atom. The molecular weight excluding hydrogens is 398 g/mol. The lowest BCUT2D eigenvalue weighted by atomic mass is 10.1. The van der Waals surface area contributed by atoms with E-state index in [1.54, 1.807) is 48.5 Å². The van der Waals surface area contributed by atoms with Crippen LogP contribution in [0.25, 0.3) is 10.9 Å². The van der Waals surface area contributed by atoms with Gasteiger partial charge in [0.2, 0.25) is 0 Å². The number of nitrogens with one attached hydrogen (secondary N) is 2. The molecule has 0 atom stereocenters. The third-order valence-electron chi connectivity index (χ3n) is 5.02. The molecule has 0 aliphatic heterocycles. The summed E-state index contributed by atoms with van der Waals surface area (Å²) in [7, 11) is -2.18. The van der Waals surface area contributed by atoms with Gasteiger partial charge in [0, 0.05) is 29.7 Å². The number of hydrogen-bond acceptors (Lipinski definition) is 3. The average Bonchev–Trinajstić information content (AvgIpc) is 3.23. The fraction of sp³-hybridized carbons (Fsp3) is 0.0870. The second-order valence-electron chi connectivity index (χ2n) is 7.03. The Bertz CT molecular complexity index is 1310. The lowest BCUT2D eigenvalue weighted by Gasteiger charge is -2.20. The zero-order valence-electron chi connectivity index (χ0n) is 16.6. The molecule has 7 heteroatoms. The molecule has 0 fully saturated rings. The van der Waals surface area contributed by atoms with Crippen LogP contribution in [0.1, 0.15) is 15.9 Å². The summed E-state index contributed by atoms with van der Waals surface area (Å²) in [6, 6.07) is 20.7. The monoisotopic (exact) mass is 419 g/mol. The number of fused-ring (bicyclic) bond motifs is 1. The molecule has 3 aromatic carbocycles. The van der Waals surface area contributed by atoms with E-state index in [2.05, 4.69) is 10.3 Å². The standard InChI is InChI=1S/C23H21N3O3S/c1-16-6-12-19(13-7-16)30(28,29)26(2)18-10-8-17(9-11-18)23(27)25-22-5-3-4-21-20(22)14-15-24-21/h3-15,24H,1-2H3,(H,25,27). The summed E-state index contributed by atoms with van der Waals surface area (Å²) in [5.74, 6) is -0.265. The highest BCUT2D eigenvalue weighted by Crippen LogP contribution is 2.25.